The second kappa shape index (κ2) is 14.2. The molecule has 15 heteroatoms. The summed E-state index contributed by atoms with van der Waals surface area (Å²) in [5.74, 6) is -0.946. The maximum Gasteiger partial charge on any atom is 0.200 e. The predicted molar refractivity (Wildman–Crippen MR) is 186 cm³/mol. The van der Waals surface area contributed by atoms with Gasteiger partial charge < -0.3 is 74.4 Å². The summed E-state index contributed by atoms with van der Waals surface area (Å²) < 4.78 is 36.4. The van der Waals surface area contributed by atoms with Crippen molar-refractivity contribution in [1.82, 2.24) is 0 Å². The fourth-order valence-electron chi connectivity index (χ4n) is 12.7. The molecule has 0 amide bonds. The first-order valence-corrected chi connectivity index (χ1v) is 20.2. The quantitative estimate of drug-likeness (QED) is 0.154. The molecule has 0 radical (unpaired) electrons. The zero-order chi connectivity index (χ0) is 38.7. The Morgan fingerprint density at radius 3 is 2.24 bits per heavy atom. The van der Waals surface area contributed by atoms with Gasteiger partial charge in [0.2, 0.25) is 0 Å². The van der Waals surface area contributed by atoms with E-state index in [2.05, 4.69) is 19.9 Å². The summed E-state index contributed by atoms with van der Waals surface area (Å²) in [5.41, 5.74) is -0.389. The zero-order valence-electron chi connectivity index (χ0n) is 31.7. The van der Waals surface area contributed by atoms with Crippen molar-refractivity contribution in [3.63, 3.8) is 0 Å². The van der Waals surface area contributed by atoms with Crippen molar-refractivity contribution < 1.29 is 74.4 Å². The number of aliphatic hydroxyl groups is 9. The second-order valence-electron chi connectivity index (χ2n) is 18.4. The molecule has 22 atom stereocenters. The van der Waals surface area contributed by atoms with Gasteiger partial charge >= 0.3 is 0 Å². The molecule has 4 aliphatic heterocycles. The second-order valence-corrected chi connectivity index (χ2v) is 18.4. The van der Waals surface area contributed by atoms with Crippen molar-refractivity contribution in [1.29, 1.82) is 0 Å². The van der Waals surface area contributed by atoms with Gasteiger partial charge in [-0.1, -0.05) is 32.4 Å². The molecular weight excluding hydrogens is 708 g/mol. The fraction of sp³-hybridized carbons (Fsp3) is 0.949. The number of hydrogen-bond acceptors (Lipinski definition) is 15. The lowest BCUT2D eigenvalue weighted by atomic mass is 9.46. The van der Waals surface area contributed by atoms with E-state index in [1.807, 2.05) is 6.92 Å². The topological polar surface area (TPSA) is 237 Å². The monoisotopic (exact) mass is 770 g/mol. The van der Waals surface area contributed by atoms with Gasteiger partial charge in [0.05, 0.1) is 31.5 Å². The van der Waals surface area contributed by atoms with E-state index in [1.54, 1.807) is 0 Å². The zero-order valence-corrected chi connectivity index (χ0v) is 31.7. The van der Waals surface area contributed by atoms with Crippen LogP contribution < -0.4 is 0 Å². The van der Waals surface area contributed by atoms with Gasteiger partial charge in [-0.25, -0.2) is 0 Å². The van der Waals surface area contributed by atoms with Crippen molar-refractivity contribution in [2.75, 3.05) is 19.8 Å². The Balaban J connectivity index is 0.929. The van der Waals surface area contributed by atoms with Crippen molar-refractivity contribution in [2.45, 2.75) is 170 Å². The van der Waals surface area contributed by atoms with E-state index in [1.165, 1.54) is 12.5 Å². The van der Waals surface area contributed by atoms with Crippen molar-refractivity contribution in [2.24, 2.45) is 40.4 Å². The molecule has 0 aromatic heterocycles. The van der Waals surface area contributed by atoms with Crippen LogP contribution in [0.1, 0.15) is 79.1 Å². The van der Waals surface area contributed by atoms with Crippen molar-refractivity contribution >= 4 is 0 Å². The first-order chi connectivity index (χ1) is 25.5. The number of hydrogen-bond donors (Lipinski definition) is 9. The lowest BCUT2D eigenvalue weighted by molar-refractivity contribution is -0.360. The first-order valence-electron chi connectivity index (χ1n) is 20.2. The molecule has 8 aliphatic rings. The molecule has 0 aromatic rings. The molecule has 7 fully saturated rings. The molecule has 8 rings (SSSR count). The van der Waals surface area contributed by atoms with E-state index in [-0.39, 0.29) is 36.6 Å². The number of ether oxygens (including phenoxy) is 6. The molecule has 308 valence electrons. The Hall–Kier alpha value is -0.860. The average Bonchev–Trinajstić information content (AvgIpc) is 3.52. The molecule has 0 bridgehead atoms. The minimum absolute atomic E-state index is 0.0677. The minimum Gasteiger partial charge on any atom is -0.396 e. The molecule has 4 saturated heterocycles. The molecule has 1 spiro atoms. The van der Waals surface area contributed by atoms with Crippen LogP contribution in [0.5, 0.6) is 0 Å². The van der Waals surface area contributed by atoms with Gasteiger partial charge in [-0.3, -0.25) is 0 Å². The highest BCUT2D eigenvalue weighted by atomic mass is 16.7. The van der Waals surface area contributed by atoms with Crippen LogP contribution in [0.4, 0.5) is 0 Å². The fourth-order valence-corrected chi connectivity index (χ4v) is 12.7. The minimum atomic E-state index is -1.64. The van der Waals surface area contributed by atoms with Gasteiger partial charge in [0.25, 0.3) is 0 Å². The molecule has 4 aliphatic carbocycles. The molecular formula is C39H62O15. The maximum absolute atomic E-state index is 12.7. The normalized spacial score (nSPS) is 58.6. The molecule has 4 heterocycles. The Morgan fingerprint density at radius 1 is 0.815 bits per heavy atom. The summed E-state index contributed by atoms with van der Waals surface area (Å²) in [6.45, 7) is 7.63. The first kappa shape index (κ1) is 39.9. The summed E-state index contributed by atoms with van der Waals surface area (Å²) in [6, 6.07) is 0. The summed E-state index contributed by atoms with van der Waals surface area (Å²) in [5, 5.41) is 96.8. The maximum atomic E-state index is 12.7. The third kappa shape index (κ3) is 5.70. The Bertz CT molecular complexity index is 1420. The summed E-state index contributed by atoms with van der Waals surface area (Å²) >= 11 is 0. The molecule has 3 saturated carbocycles. The van der Waals surface area contributed by atoms with E-state index in [4.69, 9.17) is 28.4 Å². The molecule has 22 unspecified atom stereocenters. The third-order valence-corrected chi connectivity index (χ3v) is 16.0. The van der Waals surface area contributed by atoms with Gasteiger partial charge in [-0.05, 0) is 81.5 Å². The molecule has 9 N–H and O–H groups in total. The average molecular weight is 771 g/mol. The van der Waals surface area contributed by atoms with Crippen LogP contribution in [0.2, 0.25) is 0 Å². The van der Waals surface area contributed by atoms with E-state index >= 15 is 0 Å². The predicted octanol–water partition coefficient (Wildman–Crippen LogP) is -0.552. The Kier molecular flexibility index (Phi) is 10.5. The van der Waals surface area contributed by atoms with Crippen molar-refractivity contribution in [3.05, 3.63) is 11.6 Å². The summed E-state index contributed by atoms with van der Waals surface area (Å²) in [4.78, 5) is 0. The molecule has 15 nitrogen and oxygen atoms in total. The lowest BCUT2D eigenvalue weighted by Crippen LogP contribution is -2.64. The highest BCUT2D eigenvalue weighted by molar-refractivity contribution is 5.29. The van der Waals surface area contributed by atoms with Gasteiger partial charge in [0.15, 0.2) is 18.4 Å². The van der Waals surface area contributed by atoms with E-state index in [9.17, 15) is 46.0 Å². The largest absolute Gasteiger partial charge is 0.396 e. The third-order valence-electron chi connectivity index (χ3n) is 16.0. The summed E-state index contributed by atoms with van der Waals surface area (Å²) in [6.07, 6.45) is -7.29. The smallest absolute Gasteiger partial charge is 0.200 e. The molecule has 0 aromatic carbocycles. The highest BCUT2D eigenvalue weighted by Crippen LogP contribution is 2.72. The van der Waals surface area contributed by atoms with Gasteiger partial charge in [-0.2, -0.15) is 0 Å². The van der Waals surface area contributed by atoms with Crippen molar-refractivity contribution in [3.8, 4) is 0 Å². The highest BCUT2D eigenvalue weighted by Gasteiger charge is 2.77. The van der Waals surface area contributed by atoms with Crippen LogP contribution in [0.25, 0.3) is 0 Å². The van der Waals surface area contributed by atoms with Gasteiger partial charge in [0, 0.05) is 23.9 Å². The van der Waals surface area contributed by atoms with Crippen LogP contribution in [0, 0.1) is 40.4 Å². The number of fused-ring (bicyclic) bond motifs is 7. The number of allylic oxidation sites excluding steroid dienone is 1. The van der Waals surface area contributed by atoms with E-state index in [0.29, 0.717) is 37.5 Å². The SMILES string of the molecule is CC1OC(OC2C(CO)OC(OC3CCC4(C)C(=CCC5C4CCC4(C)C5CC5OC6(OCC(CO)CC6O)C(C)C54O)C3)C(O)C2O)C(O)C(O)C1O. The molecule has 54 heavy (non-hydrogen) atoms. The van der Waals surface area contributed by atoms with Crippen LogP contribution >= 0.6 is 0 Å². The van der Waals surface area contributed by atoms with Crippen LogP contribution in [-0.4, -0.2) is 157 Å². The number of rotatable bonds is 6. The van der Waals surface area contributed by atoms with Crippen LogP contribution in [0.3, 0.4) is 0 Å². The van der Waals surface area contributed by atoms with E-state index < -0.39 is 103 Å². The van der Waals surface area contributed by atoms with Crippen LogP contribution in [-0.2, 0) is 28.4 Å². The van der Waals surface area contributed by atoms with E-state index in [0.717, 1.165) is 25.7 Å². The Morgan fingerprint density at radius 2 is 1.54 bits per heavy atom. The standard InChI is InChI=1S/C39H62O15/c1-17-28(43)29(44)31(46)34(50-17)53-33-25(15-41)52-35(32(47)30(33)45)51-21-7-9-36(3)20(12-21)5-6-22-23(36)8-10-37(4)24(22)13-27-38(37,48)18(2)39(54-27)26(42)11-19(14-40)16-49-39/h5,17-19,21-35,40-48H,6-16H2,1-4H3. The Labute approximate surface area is 316 Å². The van der Waals surface area contributed by atoms with Gasteiger partial charge in [0.1, 0.15) is 54.4 Å². The van der Waals surface area contributed by atoms with Gasteiger partial charge in [-0.15, -0.1) is 0 Å². The lowest BCUT2D eigenvalue weighted by Gasteiger charge is -2.60. The number of aliphatic hydroxyl groups excluding tert-OH is 8. The van der Waals surface area contributed by atoms with Crippen LogP contribution in [0.15, 0.2) is 11.6 Å². The summed E-state index contributed by atoms with van der Waals surface area (Å²) in [7, 11) is 0.